The number of benzene rings is 2. The van der Waals surface area contributed by atoms with Crippen LogP contribution in [0.5, 0.6) is 0 Å². The van der Waals surface area contributed by atoms with Gasteiger partial charge in [-0.1, -0.05) is 86.6 Å². The smallest absolute Gasteiger partial charge is 0.159 e. The van der Waals surface area contributed by atoms with Crippen molar-refractivity contribution in [3.63, 3.8) is 0 Å². The van der Waals surface area contributed by atoms with Gasteiger partial charge in [-0.25, -0.2) is 0 Å². The molecule has 0 saturated heterocycles. The summed E-state index contributed by atoms with van der Waals surface area (Å²) in [6.07, 6.45) is 3.50. The van der Waals surface area contributed by atoms with Gasteiger partial charge in [-0.05, 0) is 41.0 Å². The summed E-state index contributed by atoms with van der Waals surface area (Å²) in [5.41, 5.74) is 7.20. The summed E-state index contributed by atoms with van der Waals surface area (Å²) in [6.45, 7) is 19.1. The second kappa shape index (κ2) is 14.6. The molecule has 4 heteroatoms. The van der Waals surface area contributed by atoms with E-state index in [1.807, 2.05) is 27.7 Å². The summed E-state index contributed by atoms with van der Waals surface area (Å²) in [6, 6.07) is 18.5. The van der Waals surface area contributed by atoms with Crippen molar-refractivity contribution in [3.05, 3.63) is 77.1 Å². The van der Waals surface area contributed by atoms with Crippen LogP contribution in [0.25, 0.3) is 22.2 Å². The minimum absolute atomic E-state index is 0. The number of pyridine rings is 1. The number of hydrogen-bond donors (Lipinski definition) is 1. The fourth-order valence-electron chi connectivity index (χ4n) is 4.26. The largest absolute Gasteiger partial charge is 0.512 e. The molecule has 0 spiro atoms. The molecular formula is C33H44IrNO2-. The summed E-state index contributed by atoms with van der Waals surface area (Å²) >= 11 is 0. The normalized spacial score (nSPS) is 11.8. The van der Waals surface area contributed by atoms with Crippen LogP contribution in [0.4, 0.5) is 0 Å². The zero-order valence-corrected chi connectivity index (χ0v) is 26.4. The van der Waals surface area contributed by atoms with Gasteiger partial charge in [0.15, 0.2) is 5.78 Å². The van der Waals surface area contributed by atoms with Crippen LogP contribution in [0.3, 0.4) is 0 Å². The summed E-state index contributed by atoms with van der Waals surface area (Å²) in [7, 11) is 0. The third-order valence-electron chi connectivity index (χ3n) is 5.50. The first-order valence-electron chi connectivity index (χ1n) is 13.1. The van der Waals surface area contributed by atoms with Gasteiger partial charge in [0.05, 0.1) is 11.3 Å². The van der Waals surface area contributed by atoms with Crippen LogP contribution in [-0.4, -0.2) is 15.9 Å². The van der Waals surface area contributed by atoms with Crippen LogP contribution < -0.4 is 0 Å². The number of aliphatic hydroxyl groups excluding tert-OH is 1. The van der Waals surface area contributed by atoms with E-state index in [0.29, 0.717) is 24.7 Å². The third kappa shape index (κ3) is 11.7. The Hall–Kier alpha value is -2.29. The number of carbonyl (C=O) groups is 1. The average Bonchev–Trinajstić information content (AvgIpc) is 2.71. The van der Waals surface area contributed by atoms with Crippen molar-refractivity contribution in [1.82, 2.24) is 4.98 Å². The maximum Gasteiger partial charge on any atom is 0.159 e. The van der Waals surface area contributed by atoms with Gasteiger partial charge in [0.25, 0.3) is 0 Å². The van der Waals surface area contributed by atoms with Crippen molar-refractivity contribution in [2.24, 2.45) is 17.3 Å². The zero-order chi connectivity index (χ0) is 27.0. The second-order valence-corrected chi connectivity index (χ2v) is 12.0. The van der Waals surface area contributed by atoms with Crippen LogP contribution in [0.2, 0.25) is 0 Å². The first-order valence-corrected chi connectivity index (χ1v) is 13.1. The minimum Gasteiger partial charge on any atom is -0.512 e. The molecule has 0 unspecified atom stereocenters. The Labute approximate surface area is 238 Å². The standard InChI is InChI=1S/C22H24N.C11H20O2.Ir/c1-15-10-16(2)12-17(11-15)21-13-18(14-22(3,4)5)19-8-6-7-9-20(19)23-21;1-8(2)5-10(12)7-11(13)6-9(3)4;/h6-11,13H,14H2,1-5H3;7-9,12H,5-6H2,1-4H3;/q-1;;/b;10-7-;. The van der Waals surface area contributed by atoms with E-state index < -0.39 is 0 Å². The van der Waals surface area contributed by atoms with Gasteiger partial charge in [0.2, 0.25) is 0 Å². The first-order chi connectivity index (χ1) is 16.7. The predicted molar refractivity (Wildman–Crippen MR) is 153 cm³/mol. The number of aliphatic hydroxyl groups is 1. The number of ketones is 1. The molecule has 203 valence electrons. The molecule has 1 N–H and O–H groups in total. The van der Waals surface area contributed by atoms with Crippen LogP contribution in [0, 0.1) is 37.2 Å². The Balaban J connectivity index is 0.000000423. The molecule has 0 aliphatic heterocycles. The topological polar surface area (TPSA) is 50.2 Å². The fourth-order valence-corrected chi connectivity index (χ4v) is 4.26. The molecular weight excluding hydrogens is 635 g/mol. The number of fused-ring (bicyclic) bond motifs is 1. The number of hydrogen-bond acceptors (Lipinski definition) is 3. The van der Waals surface area contributed by atoms with Gasteiger partial charge >= 0.3 is 0 Å². The van der Waals surface area contributed by atoms with Crippen molar-refractivity contribution < 1.29 is 30.0 Å². The SMILES string of the molecule is CC(C)CC(=O)/C=C(\O)CC(C)C.Cc1[c-]c(-c2cc(CC(C)(C)C)c3ccccc3n2)cc(C)c1.[Ir]. The number of aryl methyl sites for hydroxylation is 2. The maximum absolute atomic E-state index is 11.2. The minimum atomic E-state index is 0. The number of rotatable bonds is 7. The number of nitrogens with zero attached hydrogens (tertiary/aromatic N) is 1. The molecule has 3 nitrogen and oxygen atoms in total. The van der Waals surface area contributed by atoms with Gasteiger partial charge in [-0.3, -0.25) is 9.78 Å². The van der Waals surface area contributed by atoms with Gasteiger partial charge in [0, 0.05) is 44.4 Å². The maximum atomic E-state index is 11.2. The van der Waals surface area contributed by atoms with Gasteiger partial charge in [-0.2, -0.15) is 0 Å². The Morgan fingerprint density at radius 1 is 1.00 bits per heavy atom. The summed E-state index contributed by atoms with van der Waals surface area (Å²) in [4.78, 5) is 16.1. The van der Waals surface area contributed by atoms with E-state index in [4.69, 9.17) is 4.98 Å². The molecule has 1 aromatic heterocycles. The van der Waals surface area contributed by atoms with E-state index in [1.165, 1.54) is 22.6 Å². The molecule has 0 aliphatic carbocycles. The molecule has 1 radical (unpaired) electrons. The Morgan fingerprint density at radius 2 is 1.62 bits per heavy atom. The number of carbonyl (C=O) groups excluding carboxylic acids is 1. The van der Waals surface area contributed by atoms with Crippen LogP contribution in [-0.2, 0) is 31.3 Å². The molecule has 2 aromatic carbocycles. The van der Waals surface area contributed by atoms with Gasteiger partial charge < -0.3 is 5.11 Å². The summed E-state index contributed by atoms with van der Waals surface area (Å²) < 4.78 is 0. The van der Waals surface area contributed by atoms with E-state index in [2.05, 4.69) is 83.1 Å². The molecule has 0 fully saturated rings. The quantitative estimate of drug-likeness (QED) is 0.154. The molecule has 1 heterocycles. The van der Waals surface area contributed by atoms with E-state index in [0.717, 1.165) is 28.8 Å². The second-order valence-electron chi connectivity index (χ2n) is 12.0. The predicted octanol–water partition coefficient (Wildman–Crippen LogP) is 8.99. The third-order valence-corrected chi connectivity index (χ3v) is 5.50. The Kier molecular flexibility index (Phi) is 12.9. The van der Waals surface area contributed by atoms with Crippen molar-refractivity contribution in [2.45, 2.75) is 81.6 Å². The summed E-state index contributed by atoms with van der Waals surface area (Å²) in [5.74, 6) is 0.979. The zero-order valence-electron chi connectivity index (χ0n) is 24.0. The van der Waals surface area contributed by atoms with Gasteiger partial charge in [-0.15, -0.1) is 34.9 Å². The molecule has 0 amide bonds. The van der Waals surface area contributed by atoms with E-state index in [1.54, 1.807) is 0 Å². The van der Waals surface area contributed by atoms with E-state index >= 15 is 0 Å². The van der Waals surface area contributed by atoms with Crippen molar-refractivity contribution >= 4 is 16.7 Å². The van der Waals surface area contributed by atoms with Crippen LogP contribution in [0.1, 0.15) is 78.0 Å². The van der Waals surface area contributed by atoms with Gasteiger partial charge in [0.1, 0.15) is 0 Å². The molecule has 3 rings (SSSR count). The molecule has 0 saturated carbocycles. The molecule has 0 bridgehead atoms. The van der Waals surface area contributed by atoms with E-state index in [-0.39, 0.29) is 37.1 Å². The van der Waals surface area contributed by atoms with Crippen LogP contribution >= 0.6 is 0 Å². The molecule has 0 aliphatic rings. The molecule has 0 atom stereocenters. The number of para-hydroxylation sites is 1. The summed E-state index contributed by atoms with van der Waals surface area (Å²) in [5, 5.41) is 10.6. The average molecular weight is 679 g/mol. The molecule has 37 heavy (non-hydrogen) atoms. The van der Waals surface area contributed by atoms with Crippen molar-refractivity contribution in [2.75, 3.05) is 0 Å². The number of aromatic nitrogens is 1. The molecule has 3 aromatic rings. The Morgan fingerprint density at radius 3 is 2.19 bits per heavy atom. The number of allylic oxidation sites excluding steroid dienone is 2. The fraction of sp³-hybridized carbons (Fsp3) is 0.455. The van der Waals surface area contributed by atoms with Crippen LogP contribution in [0.15, 0.2) is 54.3 Å². The Bertz CT molecular complexity index is 1180. The van der Waals surface area contributed by atoms with Crippen molar-refractivity contribution in [1.29, 1.82) is 0 Å². The van der Waals surface area contributed by atoms with Crippen molar-refractivity contribution in [3.8, 4) is 11.3 Å². The van der Waals surface area contributed by atoms with E-state index in [9.17, 15) is 9.90 Å². The monoisotopic (exact) mass is 679 g/mol. The first kappa shape index (κ1) is 32.7.